The Balaban J connectivity index is 1.59. The number of primary amides is 1. The molecule has 1 saturated heterocycles. The molecule has 1 amide bonds. The van der Waals surface area contributed by atoms with Crippen molar-refractivity contribution in [3.8, 4) is 0 Å². The van der Waals surface area contributed by atoms with E-state index in [2.05, 4.69) is 47.5 Å². The second-order valence-electron chi connectivity index (χ2n) is 7.35. The topological polar surface area (TPSA) is 70.7 Å². The van der Waals surface area contributed by atoms with Crippen molar-refractivity contribution in [3.05, 3.63) is 71.3 Å². The Kier molecular flexibility index (Phi) is 7.06. The Labute approximate surface area is 167 Å². The van der Waals surface area contributed by atoms with Crippen molar-refractivity contribution in [1.29, 1.82) is 0 Å². The van der Waals surface area contributed by atoms with Crippen molar-refractivity contribution < 1.29 is 4.79 Å². The summed E-state index contributed by atoms with van der Waals surface area (Å²) in [6.45, 7) is 5.50. The highest BCUT2D eigenvalue weighted by molar-refractivity contribution is 5.92. The number of carbonyl (C=O) groups excluding carboxylic acids is 1. The first kappa shape index (κ1) is 19.9. The van der Waals surface area contributed by atoms with Gasteiger partial charge in [-0.3, -0.25) is 4.79 Å². The molecule has 0 radical (unpaired) electrons. The van der Waals surface area contributed by atoms with Crippen molar-refractivity contribution >= 4 is 11.9 Å². The zero-order valence-corrected chi connectivity index (χ0v) is 16.6. The lowest BCUT2D eigenvalue weighted by Crippen LogP contribution is -2.45. The highest BCUT2D eigenvalue weighted by Crippen LogP contribution is 2.22. The molecule has 0 atom stereocenters. The summed E-state index contributed by atoms with van der Waals surface area (Å²) in [6, 6.07) is 18.1. The summed E-state index contributed by atoms with van der Waals surface area (Å²) < 4.78 is 0. The molecule has 1 fully saturated rings. The van der Waals surface area contributed by atoms with Crippen LogP contribution in [0.5, 0.6) is 0 Å². The van der Waals surface area contributed by atoms with E-state index < -0.39 is 5.91 Å². The van der Waals surface area contributed by atoms with Crippen LogP contribution in [-0.4, -0.2) is 36.4 Å². The Bertz CT molecular complexity index is 795. The fraction of sp³-hybridized carbons (Fsp3) is 0.391. The van der Waals surface area contributed by atoms with Crippen LogP contribution in [0.3, 0.4) is 0 Å². The largest absolute Gasteiger partial charge is 0.366 e. The first-order chi connectivity index (χ1) is 13.7. The van der Waals surface area contributed by atoms with Crippen LogP contribution in [-0.2, 0) is 13.0 Å². The number of carbonyl (C=O) groups is 1. The molecule has 3 rings (SSSR count). The molecule has 0 aromatic heterocycles. The van der Waals surface area contributed by atoms with E-state index in [9.17, 15) is 4.79 Å². The molecule has 0 aliphatic carbocycles. The zero-order chi connectivity index (χ0) is 19.8. The third-order valence-electron chi connectivity index (χ3n) is 5.24. The van der Waals surface area contributed by atoms with Gasteiger partial charge in [-0.15, -0.1) is 0 Å². The summed E-state index contributed by atoms with van der Waals surface area (Å²) >= 11 is 0. The van der Waals surface area contributed by atoms with Gasteiger partial charge in [0.25, 0.3) is 0 Å². The van der Waals surface area contributed by atoms with Crippen LogP contribution in [0.4, 0.5) is 0 Å². The van der Waals surface area contributed by atoms with Crippen molar-refractivity contribution in [2.24, 2.45) is 16.6 Å². The molecule has 148 valence electrons. The van der Waals surface area contributed by atoms with Crippen LogP contribution in [0.25, 0.3) is 0 Å². The molecule has 3 N–H and O–H groups in total. The molecule has 0 spiro atoms. The smallest absolute Gasteiger partial charge is 0.248 e. The van der Waals surface area contributed by atoms with Gasteiger partial charge in [0.1, 0.15) is 0 Å². The van der Waals surface area contributed by atoms with Gasteiger partial charge in [0, 0.05) is 25.2 Å². The van der Waals surface area contributed by atoms with Gasteiger partial charge in [-0.05, 0) is 55.4 Å². The molecule has 0 unspecified atom stereocenters. The van der Waals surface area contributed by atoms with Crippen LogP contribution in [0, 0.1) is 5.92 Å². The molecule has 1 aliphatic rings. The van der Waals surface area contributed by atoms with Crippen molar-refractivity contribution in [2.45, 2.75) is 32.7 Å². The fourth-order valence-corrected chi connectivity index (χ4v) is 3.71. The molecule has 1 aliphatic heterocycles. The number of nitrogens with one attached hydrogen (secondary N) is 1. The summed E-state index contributed by atoms with van der Waals surface area (Å²) in [5, 5.41) is 3.41. The number of likely N-dealkylation sites (tertiary alicyclic amines) is 1. The van der Waals surface area contributed by atoms with Gasteiger partial charge in [-0.2, -0.15) is 0 Å². The van der Waals surface area contributed by atoms with E-state index in [0.29, 0.717) is 12.1 Å². The summed E-state index contributed by atoms with van der Waals surface area (Å²) in [6.07, 6.45) is 3.51. The SMILES string of the molecule is CCNC(=NCc1cccc(C(N)=O)c1)N1CCC(Cc2ccccc2)CC1. The highest BCUT2D eigenvalue weighted by atomic mass is 16.1. The Morgan fingerprint density at radius 3 is 2.50 bits per heavy atom. The van der Waals surface area contributed by atoms with Crippen LogP contribution in [0.2, 0.25) is 0 Å². The van der Waals surface area contributed by atoms with Gasteiger partial charge in [-0.25, -0.2) is 4.99 Å². The lowest BCUT2D eigenvalue weighted by Gasteiger charge is -2.34. The van der Waals surface area contributed by atoms with Gasteiger partial charge < -0.3 is 16.0 Å². The molecule has 5 nitrogen and oxygen atoms in total. The summed E-state index contributed by atoms with van der Waals surface area (Å²) in [4.78, 5) is 18.5. The molecule has 2 aromatic rings. The standard InChI is InChI=1S/C23H30N4O/c1-2-25-23(26-17-20-9-6-10-21(16-20)22(24)28)27-13-11-19(12-14-27)15-18-7-4-3-5-8-18/h3-10,16,19H,2,11-15,17H2,1H3,(H2,24,28)(H,25,26). The van der Waals surface area contributed by atoms with E-state index >= 15 is 0 Å². The predicted octanol–water partition coefficient (Wildman–Crippen LogP) is 3.21. The minimum absolute atomic E-state index is 0.404. The first-order valence-electron chi connectivity index (χ1n) is 10.1. The number of aliphatic imine (C=N–C) groups is 1. The summed E-state index contributed by atoms with van der Waals surface area (Å²) in [5.74, 6) is 1.28. The molecular formula is C23H30N4O. The molecular weight excluding hydrogens is 348 g/mol. The number of piperidine rings is 1. The monoisotopic (exact) mass is 378 g/mol. The number of hydrogen-bond donors (Lipinski definition) is 2. The van der Waals surface area contributed by atoms with E-state index in [0.717, 1.165) is 43.5 Å². The van der Waals surface area contributed by atoms with Crippen LogP contribution in [0.15, 0.2) is 59.6 Å². The third kappa shape index (κ3) is 5.59. The Morgan fingerprint density at radius 1 is 1.11 bits per heavy atom. The Morgan fingerprint density at radius 2 is 1.82 bits per heavy atom. The van der Waals surface area contributed by atoms with Crippen LogP contribution >= 0.6 is 0 Å². The minimum atomic E-state index is -0.404. The summed E-state index contributed by atoms with van der Waals surface area (Å²) in [5.41, 5.74) is 8.32. The molecule has 1 heterocycles. The number of amides is 1. The second-order valence-corrected chi connectivity index (χ2v) is 7.35. The molecule has 5 heteroatoms. The van der Waals surface area contributed by atoms with E-state index in [-0.39, 0.29) is 0 Å². The Hall–Kier alpha value is -2.82. The van der Waals surface area contributed by atoms with Crippen LogP contribution in [0.1, 0.15) is 41.3 Å². The van der Waals surface area contributed by atoms with Crippen molar-refractivity contribution in [3.63, 3.8) is 0 Å². The van der Waals surface area contributed by atoms with E-state index in [1.54, 1.807) is 6.07 Å². The molecule has 28 heavy (non-hydrogen) atoms. The average molecular weight is 379 g/mol. The van der Waals surface area contributed by atoms with Crippen molar-refractivity contribution in [1.82, 2.24) is 10.2 Å². The van der Waals surface area contributed by atoms with E-state index in [4.69, 9.17) is 10.7 Å². The van der Waals surface area contributed by atoms with Gasteiger partial charge in [0.2, 0.25) is 5.91 Å². The predicted molar refractivity (Wildman–Crippen MR) is 114 cm³/mol. The lowest BCUT2D eigenvalue weighted by atomic mass is 9.90. The number of benzene rings is 2. The zero-order valence-electron chi connectivity index (χ0n) is 16.6. The highest BCUT2D eigenvalue weighted by Gasteiger charge is 2.21. The van der Waals surface area contributed by atoms with Crippen LogP contribution < -0.4 is 11.1 Å². The number of nitrogens with zero attached hydrogens (tertiary/aromatic N) is 2. The number of nitrogens with two attached hydrogens (primary N) is 1. The number of hydrogen-bond acceptors (Lipinski definition) is 2. The van der Waals surface area contributed by atoms with E-state index in [1.165, 1.54) is 18.4 Å². The van der Waals surface area contributed by atoms with Crippen molar-refractivity contribution in [2.75, 3.05) is 19.6 Å². The van der Waals surface area contributed by atoms with Gasteiger partial charge in [-0.1, -0.05) is 42.5 Å². The number of rotatable bonds is 6. The molecule has 0 saturated carbocycles. The maximum absolute atomic E-state index is 11.4. The normalized spacial score (nSPS) is 15.5. The second kappa shape index (κ2) is 9.93. The van der Waals surface area contributed by atoms with Gasteiger partial charge >= 0.3 is 0 Å². The van der Waals surface area contributed by atoms with Gasteiger partial charge in [0.05, 0.1) is 6.54 Å². The lowest BCUT2D eigenvalue weighted by molar-refractivity contribution is 0.1000. The third-order valence-corrected chi connectivity index (χ3v) is 5.24. The molecule has 0 bridgehead atoms. The quantitative estimate of drug-likeness (QED) is 0.599. The van der Waals surface area contributed by atoms with E-state index in [1.807, 2.05) is 18.2 Å². The maximum atomic E-state index is 11.4. The average Bonchev–Trinajstić information content (AvgIpc) is 2.73. The number of guanidine groups is 1. The first-order valence-corrected chi connectivity index (χ1v) is 10.1. The fourth-order valence-electron chi connectivity index (χ4n) is 3.71. The minimum Gasteiger partial charge on any atom is -0.366 e. The summed E-state index contributed by atoms with van der Waals surface area (Å²) in [7, 11) is 0. The maximum Gasteiger partial charge on any atom is 0.248 e. The van der Waals surface area contributed by atoms with Gasteiger partial charge in [0.15, 0.2) is 5.96 Å². The molecule has 2 aromatic carbocycles.